The molecule has 7 nitrogen and oxygen atoms in total. The van der Waals surface area contributed by atoms with E-state index in [1.165, 1.54) is 0 Å². The Morgan fingerprint density at radius 3 is 1.71 bits per heavy atom. The number of rotatable bonds is 13. The van der Waals surface area contributed by atoms with E-state index in [0.717, 1.165) is 11.1 Å². The van der Waals surface area contributed by atoms with E-state index in [4.69, 9.17) is 18.9 Å². The van der Waals surface area contributed by atoms with Gasteiger partial charge in [-0.25, -0.2) is 9.59 Å². The van der Waals surface area contributed by atoms with Crippen molar-refractivity contribution in [3.63, 3.8) is 0 Å². The van der Waals surface area contributed by atoms with Crippen molar-refractivity contribution in [3.8, 4) is 11.5 Å². The Kier molecular flexibility index (Phi) is 10.1. The molecule has 2 aromatic carbocycles. The van der Waals surface area contributed by atoms with Gasteiger partial charge in [0.05, 0.1) is 0 Å². The Hall–Kier alpha value is -3.58. The Morgan fingerprint density at radius 1 is 0.771 bits per heavy atom. The van der Waals surface area contributed by atoms with Crippen LogP contribution in [-0.2, 0) is 24.5 Å². The third-order valence-corrected chi connectivity index (χ3v) is 5.28. The molecule has 1 atom stereocenters. The molecule has 1 unspecified atom stereocenters. The number of hydrogen-bond donors (Lipinski definition) is 1. The van der Waals surface area contributed by atoms with Crippen molar-refractivity contribution < 1.29 is 33.6 Å². The predicted molar refractivity (Wildman–Crippen MR) is 134 cm³/mol. The third kappa shape index (κ3) is 8.61. The summed E-state index contributed by atoms with van der Waals surface area (Å²) in [6.07, 6.45) is -0.937. The first-order chi connectivity index (χ1) is 16.5. The number of ether oxygens (including phenoxy) is 4. The Balaban J connectivity index is 1.88. The summed E-state index contributed by atoms with van der Waals surface area (Å²) in [6.45, 7) is 14.7. The fraction of sp³-hybridized carbons (Fsp3) is 0.357. The van der Waals surface area contributed by atoms with Gasteiger partial charge in [-0.1, -0.05) is 51.3 Å². The number of hydrogen-bond acceptors (Lipinski definition) is 7. The van der Waals surface area contributed by atoms with Crippen LogP contribution in [0, 0.1) is 0 Å². The van der Waals surface area contributed by atoms with Crippen molar-refractivity contribution in [2.24, 2.45) is 0 Å². The van der Waals surface area contributed by atoms with E-state index in [9.17, 15) is 14.7 Å². The zero-order chi connectivity index (χ0) is 26.0. The minimum absolute atomic E-state index is 0.0000684. The van der Waals surface area contributed by atoms with Crippen LogP contribution < -0.4 is 9.47 Å². The molecular weight excluding hydrogens is 448 g/mol. The monoisotopic (exact) mass is 482 g/mol. The summed E-state index contributed by atoms with van der Waals surface area (Å²) in [5.74, 6) is 0.319. The van der Waals surface area contributed by atoms with Crippen LogP contribution in [0.15, 0.2) is 72.8 Å². The molecule has 35 heavy (non-hydrogen) atoms. The topological polar surface area (TPSA) is 91.3 Å². The second-order valence-electron chi connectivity index (χ2n) is 8.78. The highest BCUT2D eigenvalue weighted by molar-refractivity contribution is 5.87. The lowest BCUT2D eigenvalue weighted by Gasteiger charge is -2.26. The van der Waals surface area contributed by atoms with Gasteiger partial charge in [-0.15, -0.1) is 0 Å². The summed E-state index contributed by atoms with van der Waals surface area (Å²) in [5, 5.41) is 9.94. The molecule has 7 heteroatoms. The number of esters is 2. The molecule has 0 saturated carbocycles. The largest absolute Gasteiger partial charge is 0.491 e. The number of aliphatic hydroxyl groups is 1. The van der Waals surface area contributed by atoms with Crippen LogP contribution in [0.3, 0.4) is 0 Å². The van der Waals surface area contributed by atoms with Crippen molar-refractivity contribution in [1.29, 1.82) is 0 Å². The smallest absolute Gasteiger partial charge is 0.333 e. The third-order valence-electron chi connectivity index (χ3n) is 5.28. The van der Waals surface area contributed by atoms with Gasteiger partial charge in [0.25, 0.3) is 0 Å². The fourth-order valence-corrected chi connectivity index (χ4v) is 3.06. The first-order valence-corrected chi connectivity index (χ1v) is 11.3. The van der Waals surface area contributed by atoms with E-state index in [-0.39, 0.29) is 37.4 Å². The maximum Gasteiger partial charge on any atom is 0.333 e. The molecule has 2 aromatic rings. The van der Waals surface area contributed by atoms with Crippen molar-refractivity contribution >= 4 is 11.9 Å². The normalized spacial score (nSPS) is 11.8. The Morgan fingerprint density at radius 2 is 1.23 bits per heavy atom. The van der Waals surface area contributed by atoms with Gasteiger partial charge in [0.2, 0.25) is 0 Å². The minimum atomic E-state index is -0.937. The second-order valence-corrected chi connectivity index (χ2v) is 8.78. The zero-order valence-electron chi connectivity index (χ0n) is 20.8. The van der Waals surface area contributed by atoms with E-state index in [1.54, 1.807) is 13.8 Å². The summed E-state index contributed by atoms with van der Waals surface area (Å²) in [6, 6.07) is 15.4. The van der Waals surface area contributed by atoms with Crippen molar-refractivity contribution in [2.75, 3.05) is 26.4 Å². The molecule has 0 heterocycles. The zero-order valence-corrected chi connectivity index (χ0v) is 20.8. The summed E-state index contributed by atoms with van der Waals surface area (Å²) in [5.41, 5.74) is 2.54. The van der Waals surface area contributed by atoms with Gasteiger partial charge < -0.3 is 24.1 Å². The highest BCUT2D eigenvalue weighted by Crippen LogP contribution is 2.33. The first-order valence-electron chi connectivity index (χ1n) is 11.3. The molecule has 0 amide bonds. The minimum Gasteiger partial charge on any atom is -0.491 e. The summed E-state index contributed by atoms with van der Waals surface area (Å²) >= 11 is 0. The van der Waals surface area contributed by atoms with Crippen LogP contribution in [-0.4, -0.2) is 49.6 Å². The summed E-state index contributed by atoms with van der Waals surface area (Å²) < 4.78 is 21.2. The fourth-order valence-electron chi connectivity index (χ4n) is 3.06. The highest BCUT2D eigenvalue weighted by Gasteiger charge is 2.23. The van der Waals surface area contributed by atoms with Gasteiger partial charge in [0.15, 0.2) is 0 Å². The quantitative estimate of drug-likeness (QED) is 0.258. The lowest BCUT2D eigenvalue weighted by Crippen LogP contribution is -2.25. The van der Waals surface area contributed by atoms with Gasteiger partial charge in [-0.05, 0) is 49.2 Å². The van der Waals surface area contributed by atoms with Crippen LogP contribution >= 0.6 is 0 Å². The SMILES string of the molecule is C=C(C)C(=O)OCCOc1ccc(C(C)(C)c2ccc(OCC(O)COC(=O)C(=C)C)cc2)cc1. The molecule has 0 saturated heterocycles. The molecule has 0 aliphatic rings. The average Bonchev–Trinajstić information content (AvgIpc) is 2.84. The van der Waals surface area contributed by atoms with E-state index in [1.807, 2.05) is 48.5 Å². The van der Waals surface area contributed by atoms with E-state index >= 15 is 0 Å². The van der Waals surface area contributed by atoms with Gasteiger partial charge >= 0.3 is 11.9 Å². The first kappa shape index (κ1) is 27.7. The van der Waals surface area contributed by atoms with Crippen LogP contribution in [0.1, 0.15) is 38.8 Å². The molecular formula is C28H34O7. The second kappa shape index (κ2) is 12.8. The van der Waals surface area contributed by atoms with Crippen molar-refractivity contribution in [2.45, 2.75) is 39.2 Å². The summed E-state index contributed by atoms with van der Waals surface area (Å²) in [4.78, 5) is 22.8. The van der Waals surface area contributed by atoms with E-state index in [0.29, 0.717) is 17.1 Å². The van der Waals surface area contributed by atoms with Gasteiger partial charge in [-0.3, -0.25) is 0 Å². The molecule has 1 N–H and O–H groups in total. The van der Waals surface area contributed by atoms with Gasteiger partial charge in [0, 0.05) is 16.6 Å². The molecule has 0 radical (unpaired) electrons. The number of aliphatic hydroxyl groups excluding tert-OH is 1. The van der Waals surface area contributed by atoms with Crippen LogP contribution in [0.5, 0.6) is 11.5 Å². The molecule has 188 valence electrons. The maximum absolute atomic E-state index is 11.4. The van der Waals surface area contributed by atoms with Crippen molar-refractivity contribution in [1.82, 2.24) is 0 Å². The average molecular weight is 483 g/mol. The lowest BCUT2D eigenvalue weighted by atomic mass is 9.78. The van der Waals surface area contributed by atoms with Crippen LogP contribution in [0.2, 0.25) is 0 Å². The molecule has 0 aliphatic heterocycles. The number of benzene rings is 2. The Labute approximate surface area is 207 Å². The van der Waals surface area contributed by atoms with Crippen LogP contribution in [0.25, 0.3) is 0 Å². The molecule has 0 aromatic heterocycles. The molecule has 0 bridgehead atoms. The highest BCUT2D eigenvalue weighted by atomic mass is 16.6. The van der Waals surface area contributed by atoms with Gasteiger partial charge in [-0.2, -0.15) is 0 Å². The molecule has 0 aliphatic carbocycles. The van der Waals surface area contributed by atoms with Crippen molar-refractivity contribution in [3.05, 3.63) is 84.0 Å². The van der Waals surface area contributed by atoms with E-state index < -0.39 is 18.0 Å². The number of carbonyl (C=O) groups excluding carboxylic acids is 2. The van der Waals surface area contributed by atoms with Crippen LogP contribution in [0.4, 0.5) is 0 Å². The molecule has 2 rings (SSSR count). The van der Waals surface area contributed by atoms with Gasteiger partial charge in [0.1, 0.15) is 44.0 Å². The maximum atomic E-state index is 11.4. The summed E-state index contributed by atoms with van der Waals surface area (Å²) in [7, 11) is 0. The Bertz CT molecular complexity index is 1020. The predicted octanol–water partition coefficient (Wildman–Crippen LogP) is 4.37. The lowest BCUT2D eigenvalue weighted by molar-refractivity contribution is -0.142. The standard InChI is InChI=1S/C28H34O7/c1-19(2)26(30)33-16-15-32-24-11-7-21(8-12-24)28(5,6)22-9-13-25(14-10-22)34-17-23(29)18-35-27(31)20(3)4/h7-14,23,29H,1,3,15-18H2,2,4-6H3. The number of carbonyl (C=O) groups is 2. The van der Waals surface area contributed by atoms with E-state index in [2.05, 4.69) is 27.0 Å². The molecule has 0 fully saturated rings. The molecule has 0 spiro atoms.